The summed E-state index contributed by atoms with van der Waals surface area (Å²) in [5.41, 5.74) is 3.22. The quantitative estimate of drug-likeness (QED) is 0.507. The highest BCUT2D eigenvalue weighted by molar-refractivity contribution is 5.94. The van der Waals surface area contributed by atoms with E-state index in [2.05, 4.69) is 10.5 Å². The van der Waals surface area contributed by atoms with Gasteiger partial charge in [-0.1, -0.05) is 11.2 Å². The number of nitrogens with zero attached hydrogens (tertiary/aromatic N) is 2. The number of rotatable bonds is 5. The lowest BCUT2D eigenvalue weighted by molar-refractivity contribution is 0.0916. The number of aromatic nitrogens is 2. The molecule has 1 amide bonds. The van der Waals surface area contributed by atoms with E-state index >= 15 is 0 Å². The third kappa shape index (κ3) is 3.82. The minimum absolute atomic E-state index is 0.169. The molecule has 4 aromatic rings. The molecule has 2 aromatic carbocycles. The average Bonchev–Trinajstić information content (AvgIpc) is 3.18. The molecular formula is C25H22FN3O3. The second-order valence-electron chi connectivity index (χ2n) is 8.31. The molecule has 1 fully saturated rings. The summed E-state index contributed by atoms with van der Waals surface area (Å²) in [7, 11) is 0. The van der Waals surface area contributed by atoms with Crippen LogP contribution in [-0.2, 0) is 6.54 Å². The van der Waals surface area contributed by atoms with Gasteiger partial charge in [-0.05, 0) is 79.1 Å². The van der Waals surface area contributed by atoms with Gasteiger partial charge < -0.3 is 14.4 Å². The number of hydrogen-bond acceptors (Lipinski definition) is 4. The van der Waals surface area contributed by atoms with Gasteiger partial charge in [0.25, 0.3) is 11.5 Å². The molecule has 32 heavy (non-hydrogen) atoms. The maximum absolute atomic E-state index is 14.2. The Labute approximate surface area is 183 Å². The highest BCUT2D eigenvalue weighted by Crippen LogP contribution is 2.25. The third-order valence-electron chi connectivity index (χ3n) is 6.05. The van der Waals surface area contributed by atoms with Crippen LogP contribution in [0.2, 0.25) is 0 Å². The number of benzene rings is 2. The molecule has 1 saturated carbocycles. The molecule has 5 rings (SSSR count). The van der Waals surface area contributed by atoms with Crippen molar-refractivity contribution in [2.75, 3.05) is 0 Å². The lowest BCUT2D eigenvalue weighted by Gasteiger charge is -2.26. The smallest absolute Gasteiger partial charge is 0.258 e. The number of hydrogen-bond donors (Lipinski definition) is 1. The van der Waals surface area contributed by atoms with Gasteiger partial charge in [0.2, 0.25) is 0 Å². The third-order valence-corrected chi connectivity index (χ3v) is 6.05. The fraction of sp³-hybridized carbons (Fsp3) is 0.240. The van der Waals surface area contributed by atoms with Crippen LogP contribution in [0.25, 0.3) is 21.9 Å². The number of carbonyl (C=O) groups is 1. The lowest BCUT2D eigenvalue weighted by atomic mass is 9.93. The van der Waals surface area contributed by atoms with Gasteiger partial charge in [0.15, 0.2) is 0 Å². The van der Waals surface area contributed by atoms with Crippen LogP contribution >= 0.6 is 0 Å². The summed E-state index contributed by atoms with van der Waals surface area (Å²) in [5.74, 6) is -0.776. The highest BCUT2D eigenvalue weighted by atomic mass is 19.1. The van der Waals surface area contributed by atoms with Crippen LogP contribution in [-0.4, -0.2) is 21.7 Å². The minimum atomic E-state index is -0.496. The van der Waals surface area contributed by atoms with Gasteiger partial charge in [-0.15, -0.1) is 0 Å². The Kier molecular flexibility index (Phi) is 5.09. The van der Waals surface area contributed by atoms with Crippen molar-refractivity contribution < 1.29 is 13.7 Å². The van der Waals surface area contributed by atoms with Gasteiger partial charge in [0.1, 0.15) is 12.1 Å². The van der Waals surface area contributed by atoms with Crippen molar-refractivity contribution >= 4 is 16.7 Å². The number of amides is 1. The minimum Gasteiger partial charge on any atom is -0.364 e. The van der Waals surface area contributed by atoms with Crippen molar-refractivity contribution in [1.29, 1.82) is 0 Å². The van der Waals surface area contributed by atoms with E-state index in [4.69, 9.17) is 4.52 Å². The van der Waals surface area contributed by atoms with Crippen molar-refractivity contribution in [3.8, 4) is 11.1 Å². The largest absolute Gasteiger partial charge is 0.364 e. The van der Waals surface area contributed by atoms with Gasteiger partial charge in [-0.25, -0.2) is 4.39 Å². The molecule has 2 heterocycles. The molecule has 0 bridgehead atoms. The van der Waals surface area contributed by atoms with E-state index in [1.165, 1.54) is 16.7 Å². The standard InChI is InChI=1S/C25H22FN3O3/c1-15-23(14-32-28-15)17-5-6-22-18(11-17)7-8-29(25(22)31)13-16-9-19(12-20(26)10-16)24(30)27-21-3-2-4-21/h5-12,14,21H,2-4,13H2,1H3,(H,27,30). The average molecular weight is 431 g/mol. The first-order chi connectivity index (χ1) is 15.5. The van der Waals surface area contributed by atoms with Crippen molar-refractivity contribution in [3.63, 3.8) is 0 Å². The first-order valence-electron chi connectivity index (χ1n) is 10.6. The van der Waals surface area contributed by atoms with Crippen LogP contribution in [0.15, 0.2) is 64.2 Å². The topological polar surface area (TPSA) is 77.1 Å². The lowest BCUT2D eigenvalue weighted by Crippen LogP contribution is -2.39. The fourth-order valence-electron chi connectivity index (χ4n) is 4.04. The van der Waals surface area contributed by atoms with Crippen molar-refractivity contribution in [2.45, 2.75) is 38.8 Å². The van der Waals surface area contributed by atoms with E-state index in [0.29, 0.717) is 10.9 Å². The van der Waals surface area contributed by atoms with Crippen LogP contribution in [0.3, 0.4) is 0 Å². The Morgan fingerprint density at radius 3 is 2.78 bits per heavy atom. The van der Waals surface area contributed by atoms with Gasteiger partial charge in [0.05, 0.1) is 12.2 Å². The van der Waals surface area contributed by atoms with E-state index in [1.54, 1.807) is 24.6 Å². The van der Waals surface area contributed by atoms with E-state index in [0.717, 1.165) is 41.5 Å². The normalized spacial score (nSPS) is 13.8. The summed E-state index contributed by atoms with van der Waals surface area (Å²) in [6.45, 7) is 2.03. The van der Waals surface area contributed by atoms with E-state index in [-0.39, 0.29) is 29.6 Å². The SMILES string of the molecule is Cc1nocc1-c1ccc2c(=O)n(Cc3cc(F)cc(C(=O)NC4CCC4)c3)ccc2c1. The first kappa shape index (κ1) is 20.2. The van der Waals surface area contributed by atoms with E-state index < -0.39 is 5.82 Å². The van der Waals surface area contributed by atoms with E-state index in [1.807, 2.05) is 25.1 Å². The maximum Gasteiger partial charge on any atom is 0.258 e. The predicted molar refractivity (Wildman–Crippen MR) is 119 cm³/mol. The molecule has 0 atom stereocenters. The van der Waals surface area contributed by atoms with Gasteiger partial charge in [0, 0.05) is 28.8 Å². The number of halogens is 1. The number of carbonyl (C=O) groups excluding carboxylic acids is 1. The molecule has 0 spiro atoms. The van der Waals surface area contributed by atoms with Gasteiger partial charge in [-0.3, -0.25) is 9.59 Å². The molecule has 0 unspecified atom stereocenters. The highest BCUT2D eigenvalue weighted by Gasteiger charge is 2.20. The summed E-state index contributed by atoms with van der Waals surface area (Å²) in [6, 6.07) is 11.8. The zero-order valence-electron chi connectivity index (χ0n) is 17.6. The van der Waals surface area contributed by atoms with Crippen LogP contribution in [0.4, 0.5) is 4.39 Å². The molecule has 162 valence electrons. The molecule has 1 aliphatic carbocycles. The van der Waals surface area contributed by atoms with Crippen molar-refractivity contribution in [2.24, 2.45) is 0 Å². The summed E-state index contributed by atoms with van der Waals surface area (Å²) in [6.07, 6.45) is 6.29. The monoisotopic (exact) mass is 431 g/mol. The van der Waals surface area contributed by atoms with E-state index in [9.17, 15) is 14.0 Å². The Morgan fingerprint density at radius 2 is 2.06 bits per heavy atom. The van der Waals surface area contributed by atoms with Crippen molar-refractivity contribution in [3.05, 3.63) is 87.9 Å². The summed E-state index contributed by atoms with van der Waals surface area (Å²) < 4.78 is 20.7. The fourth-order valence-corrected chi connectivity index (χ4v) is 4.04. The number of nitrogens with one attached hydrogen (secondary N) is 1. The molecule has 2 aromatic heterocycles. The predicted octanol–water partition coefficient (Wildman–Crippen LogP) is 4.43. The summed E-state index contributed by atoms with van der Waals surface area (Å²) in [5, 5.41) is 8.18. The number of aryl methyl sites for hydroxylation is 1. The second kappa shape index (κ2) is 8.07. The zero-order chi connectivity index (χ0) is 22.2. The van der Waals surface area contributed by atoms with Crippen LogP contribution in [0.5, 0.6) is 0 Å². The zero-order valence-corrected chi connectivity index (χ0v) is 17.6. The molecular weight excluding hydrogens is 409 g/mol. The molecule has 1 aliphatic rings. The Bertz CT molecular complexity index is 1380. The molecule has 1 N–H and O–H groups in total. The maximum atomic E-state index is 14.2. The number of pyridine rings is 1. The molecule has 0 radical (unpaired) electrons. The molecule has 0 saturated heterocycles. The number of fused-ring (bicyclic) bond motifs is 1. The summed E-state index contributed by atoms with van der Waals surface area (Å²) in [4.78, 5) is 25.5. The first-order valence-corrected chi connectivity index (χ1v) is 10.6. The van der Waals surface area contributed by atoms with Gasteiger partial charge >= 0.3 is 0 Å². The van der Waals surface area contributed by atoms with Crippen LogP contribution < -0.4 is 10.9 Å². The molecule has 0 aliphatic heterocycles. The van der Waals surface area contributed by atoms with Crippen molar-refractivity contribution in [1.82, 2.24) is 15.0 Å². The Hall–Kier alpha value is -3.74. The van der Waals surface area contributed by atoms with Crippen LogP contribution in [0, 0.1) is 12.7 Å². The Balaban J connectivity index is 1.44. The summed E-state index contributed by atoms with van der Waals surface area (Å²) >= 11 is 0. The van der Waals surface area contributed by atoms with Crippen LogP contribution in [0.1, 0.15) is 40.9 Å². The van der Waals surface area contributed by atoms with Gasteiger partial charge in [-0.2, -0.15) is 0 Å². The molecule has 7 heteroatoms. The second-order valence-corrected chi connectivity index (χ2v) is 8.31. The molecule has 6 nitrogen and oxygen atoms in total. The Morgan fingerprint density at radius 1 is 1.22 bits per heavy atom.